The van der Waals surface area contributed by atoms with Crippen molar-refractivity contribution in [3.05, 3.63) is 77.9 Å². The van der Waals surface area contributed by atoms with E-state index in [-0.39, 0.29) is 31.2 Å². The van der Waals surface area contributed by atoms with E-state index in [1.165, 1.54) is 0 Å². The predicted octanol–water partition coefficient (Wildman–Crippen LogP) is 3.32. The second-order valence-electron chi connectivity index (χ2n) is 6.71. The topological polar surface area (TPSA) is 95.5 Å². The zero-order valence-corrected chi connectivity index (χ0v) is 16.4. The fourth-order valence-corrected chi connectivity index (χ4v) is 2.76. The maximum absolute atomic E-state index is 12.1. The number of rotatable bonds is 10. The average molecular weight is 394 g/mol. The summed E-state index contributed by atoms with van der Waals surface area (Å²) in [6.45, 7) is 1.87. The Morgan fingerprint density at radius 2 is 1.45 bits per heavy atom. The first-order valence-electron chi connectivity index (χ1n) is 9.54. The smallest absolute Gasteiger partial charge is 0.326 e. The van der Waals surface area contributed by atoms with Crippen molar-refractivity contribution in [3.63, 3.8) is 0 Å². The number of hydrogen-bond donors (Lipinski definition) is 3. The molecule has 0 unspecified atom stereocenters. The van der Waals surface area contributed by atoms with E-state index in [0.29, 0.717) is 0 Å². The first-order valence-corrected chi connectivity index (χ1v) is 9.54. The van der Waals surface area contributed by atoms with E-state index in [0.717, 1.165) is 11.1 Å². The molecule has 2 aromatic rings. The van der Waals surface area contributed by atoms with Crippen molar-refractivity contribution in [2.75, 3.05) is 0 Å². The summed E-state index contributed by atoms with van der Waals surface area (Å²) in [6.07, 6.45) is 3.60. The second kappa shape index (κ2) is 11.4. The minimum absolute atomic E-state index is 0.00476. The lowest BCUT2D eigenvalue weighted by molar-refractivity contribution is -0.141. The summed E-state index contributed by atoms with van der Waals surface area (Å²) in [7, 11) is 0. The van der Waals surface area contributed by atoms with Crippen molar-refractivity contribution < 1.29 is 19.5 Å². The number of carbonyl (C=O) groups is 3. The molecule has 2 aromatic carbocycles. The van der Waals surface area contributed by atoms with Crippen LogP contribution in [0, 0.1) is 0 Å². The van der Waals surface area contributed by atoms with Gasteiger partial charge in [-0.3, -0.25) is 9.59 Å². The minimum Gasteiger partial charge on any atom is -0.480 e. The average Bonchev–Trinajstić information content (AvgIpc) is 2.73. The number of nitrogens with one attached hydrogen (secondary N) is 2. The highest BCUT2D eigenvalue weighted by atomic mass is 16.4. The van der Waals surface area contributed by atoms with Crippen LogP contribution in [0.1, 0.15) is 43.4 Å². The SMILES string of the molecule is C[C@@H](NC(=O)CCC(=O)N[C@@H](C/C=C/c1ccccc1)C(=O)O)c1ccccc1. The Kier molecular flexibility index (Phi) is 8.63. The molecule has 6 heteroatoms. The Morgan fingerprint density at radius 1 is 0.897 bits per heavy atom. The summed E-state index contributed by atoms with van der Waals surface area (Å²) in [5, 5.41) is 14.6. The first-order chi connectivity index (χ1) is 14.0. The Balaban J connectivity index is 1.77. The summed E-state index contributed by atoms with van der Waals surface area (Å²) in [6, 6.07) is 17.8. The summed E-state index contributed by atoms with van der Waals surface area (Å²) in [5.74, 6) is -1.83. The van der Waals surface area contributed by atoms with Crippen LogP contribution in [-0.2, 0) is 14.4 Å². The third kappa shape index (κ3) is 8.01. The van der Waals surface area contributed by atoms with E-state index in [2.05, 4.69) is 10.6 Å². The number of aliphatic carboxylic acids is 1. The first kappa shape index (κ1) is 21.9. The largest absolute Gasteiger partial charge is 0.480 e. The maximum Gasteiger partial charge on any atom is 0.326 e. The third-order valence-corrected chi connectivity index (χ3v) is 4.37. The molecule has 2 rings (SSSR count). The number of hydrogen-bond acceptors (Lipinski definition) is 3. The highest BCUT2D eigenvalue weighted by Crippen LogP contribution is 2.11. The molecule has 0 spiro atoms. The van der Waals surface area contributed by atoms with E-state index in [1.54, 1.807) is 12.2 Å². The molecule has 29 heavy (non-hydrogen) atoms. The van der Waals surface area contributed by atoms with Gasteiger partial charge in [-0.25, -0.2) is 4.79 Å². The molecule has 2 atom stereocenters. The molecular formula is C23H26N2O4. The molecule has 0 heterocycles. The fourth-order valence-electron chi connectivity index (χ4n) is 2.76. The van der Waals surface area contributed by atoms with E-state index < -0.39 is 17.9 Å². The highest BCUT2D eigenvalue weighted by Gasteiger charge is 2.19. The lowest BCUT2D eigenvalue weighted by atomic mass is 10.1. The van der Waals surface area contributed by atoms with Crippen LogP contribution in [0.3, 0.4) is 0 Å². The number of carboxylic acid groups (broad SMARTS) is 1. The molecule has 6 nitrogen and oxygen atoms in total. The Bertz CT molecular complexity index is 834. The molecule has 0 fully saturated rings. The Morgan fingerprint density at radius 3 is 2.03 bits per heavy atom. The zero-order chi connectivity index (χ0) is 21.1. The van der Waals surface area contributed by atoms with E-state index in [9.17, 15) is 19.5 Å². The van der Waals surface area contributed by atoms with Crippen LogP contribution in [0.5, 0.6) is 0 Å². The lowest BCUT2D eigenvalue weighted by Gasteiger charge is -2.15. The van der Waals surface area contributed by atoms with Crippen molar-refractivity contribution in [3.8, 4) is 0 Å². The minimum atomic E-state index is -1.11. The van der Waals surface area contributed by atoms with Gasteiger partial charge in [-0.1, -0.05) is 72.8 Å². The van der Waals surface area contributed by atoms with Gasteiger partial charge >= 0.3 is 5.97 Å². The second-order valence-corrected chi connectivity index (χ2v) is 6.71. The van der Waals surface area contributed by atoms with Gasteiger partial charge in [0, 0.05) is 12.8 Å². The van der Waals surface area contributed by atoms with Gasteiger partial charge in [-0.15, -0.1) is 0 Å². The van der Waals surface area contributed by atoms with Gasteiger partial charge in [0.05, 0.1) is 6.04 Å². The van der Waals surface area contributed by atoms with Gasteiger partial charge in [0.15, 0.2) is 0 Å². The van der Waals surface area contributed by atoms with Crippen LogP contribution >= 0.6 is 0 Å². The summed E-state index contributed by atoms with van der Waals surface area (Å²) in [4.78, 5) is 35.5. The molecule has 0 aliphatic heterocycles. The lowest BCUT2D eigenvalue weighted by Crippen LogP contribution is -2.40. The Hall–Kier alpha value is -3.41. The van der Waals surface area contributed by atoms with Crippen molar-refractivity contribution in [1.82, 2.24) is 10.6 Å². The maximum atomic E-state index is 12.1. The van der Waals surface area contributed by atoms with E-state index in [4.69, 9.17) is 0 Å². The van der Waals surface area contributed by atoms with Crippen LogP contribution in [0.4, 0.5) is 0 Å². The van der Waals surface area contributed by atoms with Gasteiger partial charge in [-0.05, 0) is 24.5 Å². The Labute approximate surface area is 170 Å². The molecule has 2 amide bonds. The molecule has 3 N–H and O–H groups in total. The van der Waals surface area contributed by atoms with Crippen molar-refractivity contribution in [2.45, 2.75) is 38.3 Å². The fraction of sp³-hybridized carbons (Fsp3) is 0.261. The van der Waals surface area contributed by atoms with E-state index >= 15 is 0 Å². The molecule has 0 aromatic heterocycles. The number of benzene rings is 2. The van der Waals surface area contributed by atoms with Crippen LogP contribution < -0.4 is 10.6 Å². The van der Waals surface area contributed by atoms with Crippen LogP contribution in [-0.4, -0.2) is 28.9 Å². The summed E-state index contributed by atoms with van der Waals surface area (Å²) < 4.78 is 0. The van der Waals surface area contributed by atoms with Gasteiger partial charge in [-0.2, -0.15) is 0 Å². The molecule has 0 bridgehead atoms. The highest BCUT2D eigenvalue weighted by molar-refractivity contribution is 5.87. The van der Waals surface area contributed by atoms with Gasteiger partial charge in [0.25, 0.3) is 0 Å². The molecule has 152 valence electrons. The molecule has 0 saturated heterocycles. The number of amides is 2. The van der Waals surface area contributed by atoms with Gasteiger partial charge < -0.3 is 15.7 Å². The van der Waals surface area contributed by atoms with Crippen molar-refractivity contribution in [2.24, 2.45) is 0 Å². The summed E-state index contributed by atoms with van der Waals surface area (Å²) >= 11 is 0. The van der Waals surface area contributed by atoms with Crippen molar-refractivity contribution >= 4 is 23.9 Å². The third-order valence-electron chi connectivity index (χ3n) is 4.37. The normalized spacial score (nSPS) is 12.9. The zero-order valence-electron chi connectivity index (χ0n) is 16.4. The molecular weight excluding hydrogens is 368 g/mol. The van der Waals surface area contributed by atoms with Gasteiger partial charge in [0.2, 0.25) is 11.8 Å². The van der Waals surface area contributed by atoms with Crippen LogP contribution in [0.15, 0.2) is 66.7 Å². The molecule has 0 radical (unpaired) electrons. The summed E-state index contributed by atoms with van der Waals surface area (Å²) in [5.41, 5.74) is 1.92. The molecule has 0 aliphatic rings. The standard InChI is InChI=1S/C23H26N2O4/c1-17(19-12-6-3-7-13-19)24-21(26)15-16-22(27)25-20(23(28)29)14-8-11-18-9-4-2-5-10-18/h2-13,17,20H,14-16H2,1H3,(H,24,26)(H,25,27)(H,28,29)/b11-8+/t17-,20+/m1/s1. The quantitative estimate of drug-likeness (QED) is 0.576. The van der Waals surface area contributed by atoms with Gasteiger partial charge in [0.1, 0.15) is 6.04 Å². The van der Waals surface area contributed by atoms with Crippen molar-refractivity contribution in [1.29, 1.82) is 0 Å². The number of carboxylic acids is 1. The van der Waals surface area contributed by atoms with E-state index in [1.807, 2.05) is 67.6 Å². The van der Waals surface area contributed by atoms with Crippen LogP contribution in [0.25, 0.3) is 6.08 Å². The monoisotopic (exact) mass is 394 g/mol. The predicted molar refractivity (Wildman–Crippen MR) is 112 cm³/mol. The van der Waals surface area contributed by atoms with Crippen LogP contribution in [0.2, 0.25) is 0 Å². The molecule has 0 saturated carbocycles. The molecule has 0 aliphatic carbocycles. The number of carbonyl (C=O) groups excluding carboxylic acids is 2.